The lowest BCUT2D eigenvalue weighted by molar-refractivity contribution is -0.0673. The van der Waals surface area contributed by atoms with Crippen molar-refractivity contribution >= 4 is 0 Å². The Morgan fingerprint density at radius 1 is 1.10 bits per heavy atom. The SMILES string of the molecule is CC(C)=CC/C=C(/C)[C@@H]1CC[C@H](C)O[C@H]1c1ccccc1. The summed E-state index contributed by atoms with van der Waals surface area (Å²) in [5.74, 6) is 0.508. The van der Waals surface area contributed by atoms with Crippen LogP contribution in [0, 0.1) is 5.92 Å². The molecule has 1 nitrogen and oxygen atoms in total. The van der Waals surface area contributed by atoms with E-state index in [-0.39, 0.29) is 6.10 Å². The average molecular weight is 284 g/mol. The number of hydrogen-bond acceptors (Lipinski definition) is 1. The first-order valence-electron chi connectivity index (χ1n) is 8.08. The zero-order valence-corrected chi connectivity index (χ0v) is 13.8. The van der Waals surface area contributed by atoms with Gasteiger partial charge in [-0.05, 0) is 52.5 Å². The van der Waals surface area contributed by atoms with Gasteiger partial charge in [0, 0.05) is 5.92 Å². The molecular weight excluding hydrogens is 256 g/mol. The highest BCUT2D eigenvalue weighted by Crippen LogP contribution is 2.40. The van der Waals surface area contributed by atoms with E-state index in [0.29, 0.717) is 12.0 Å². The van der Waals surface area contributed by atoms with Crippen molar-refractivity contribution in [1.29, 1.82) is 0 Å². The third-order valence-electron chi connectivity index (χ3n) is 4.31. The molecule has 3 atom stereocenters. The van der Waals surface area contributed by atoms with Crippen molar-refractivity contribution in [2.24, 2.45) is 5.92 Å². The van der Waals surface area contributed by atoms with E-state index < -0.39 is 0 Å². The summed E-state index contributed by atoms with van der Waals surface area (Å²) in [6, 6.07) is 10.7. The molecular formula is C20H28O. The minimum atomic E-state index is 0.206. The van der Waals surface area contributed by atoms with Gasteiger partial charge in [0.25, 0.3) is 0 Å². The van der Waals surface area contributed by atoms with Gasteiger partial charge in [-0.25, -0.2) is 0 Å². The fraction of sp³-hybridized carbons (Fsp3) is 0.500. The minimum Gasteiger partial charge on any atom is -0.370 e. The van der Waals surface area contributed by atoms with E-state index in [1.54, 1.807) is 0 Å². The van der Waals surface area contributed by atoms with Crippen molar-refractivity contribution in [2.45, 2.75) is 59.2 Å². The van der Waals surface area contributed by atoms with Gasteiger partial charge in [0.1, 0.15) is 0 Å². The Bertz CT molecular complexity index is 494. The Kier molecular flexibility index (Phi) is 5.81. The summed E-state index contributed by atoms with van der Waals surface area (Å²) >= 11 is 0. The molecule has 1 heterocycles. The highest BCUT2D eigenvalue weighted by molar-refractivity contribution is 5.23. The molecule has 1 aromatic carbocycles. The van der Waals surface area contributed by atoms with Crippen LogP contribution in [0.5, 0.6) is 0 Å². The van der Waals surface area contributed by atoms with Gasteiger partial charge in [-0.15, -0.1) is 0 Å². The fourth-order valence-corrected chi connectivity index (χ4v) is 3.03. The number of ether oxygens (including phenoxy) is 1. The predicted octanol–water partition coefficient (Wildman–Crippen LogP) is 5.85. The van der Waals surface area contributed by atoms with Crippen LogP contribution in [-0.4, -0.2) is 6.10 Å². The van der Waals surface area contributed by atoms with Crippen LogP contribution in [0.2, 0.25) is 0 Å². The van der Waals surface area contributed by atoms with Crippen LogP contribution >= 0.6 is 0 Å². The highest BCUT2D eigenvalue weighted by Gasteiger charge is 2.31. The molecule has 0 bridgehead atoms. The second-order valence-electron chi connectivity index (χ2n) is 6.43. The largest absolute Gasteiger partial charge is 0.370 e. The van der Waals surface area contributed by atoms with E-state index in [2.05, 4.69) is 70.2 Å². The van der Waals surface area contributed by atoms with Crippen molar-refractivity contribution in [3.05, 3.63) is 59.2 Å². The third-order valence-corrected chi connectivity index (χ3v) is 4.31. The Hall–Kier alpha value is -1.34. The monoisotopic (exact) mass is 284 g/mol. The Morgan fingerprint density at radius 2 is 1.81 bits per heavy atom. The molecule has 1 aromatic rings. The molecule has 0 saturated carbocycles. The van der Waals surface area contributed by atoms with Gasteiger partial charge in [-0.2, -0.15) is 0 Å². The first-order valence-corrected chi connectivity index (χ1v) is 8.08. The molecule has 0 aromatic heterocycles. The van der Waals surface area contributed by atoms with Crippen LogP contribution in [-0.2, 0) is 4.74 Å². The Balaban J connectivity index is 2.17. The zero-order valence-electron chi connectivity index (χ0n) is 13.8. The van der Waals surface area contributed by atoms with Gasteiger partial charge in [0.15, 0.2) is 0 Å². The number of hydrogen-bond donors (Lipinski definition) is 0. The van der Waals surface area contributed by atoms with Gasteiger partial charge < -0.3 is 4.74 Å². The summed E-state index contributed by atoms with van der Waals surface area (Å²) in [4.78, 5) is 0. The van der Waals surface area contributed by atoms with Crippen molar-refractivity contribution in [2.75, 3.05) is 0 Å². The molecule has 1 fully saturated rings. The molecule has 0 unspecified atom stereocenters. The van der Waals surface area contributed by atoms with E-state index >= 15 is 0 Å². The van der Waals surface area contributed by atoms with Gasteiger partial charge in [-0.1, -0.05) is 53.6 Å². The molecule has 114 valence electrons. The van der Waals surface area contributed by atoms with E-state index in [9.17, 15) is 0 Å². The molecule has 0 spiro atoms. The summed E-state index contributed by atoms with van der Waals surface area (Å²) in [6.07, 6.45) is 8.62. The third kappa shape index (κ3) is 4.57. The Labute approximate surface area is 129 Å². The molecule has 1 aliphatic rings. The summed E-state index contributed by atoms with van der Waals surface area (Å²) in [7, 11) is 0. The smallest absolute Gasteiger partial charge is 0.0893 e. The van der Waals surface area contributed by atoms with Crippen LogP contribution in [0.25, 0.3) is 0 Å². The standard InChI is InChI=1S/C20H28O/c1-15(2)9-8-10-16(3)19-14-13-17(4)21-20(19)18-11-6-5-7-12-18/h5-7,9-12,17,19-20H,8,13-14H2,1-4H3/b16-10-/t17-,19-,20-/m0/s1. The van der Waals surface area contributed by atoms with E-state index in [1.807, 2.05) is 0 Å². The van der Waals surface area contributed by atoms with Gasteiger partial charge in [-0.3, -0.25) is 0 Å². The summed E-state index contributed by atoms with van der Waals surface area (Å²) < 4.78 is 6.28. The van der Waals surface area contributed by atoms with Crippen molar-refractivity contribution in [1.82, 2.24) is 0 Å². The van der Waals surface area contributed by atoms with E-state index in [4.69, 9.17) is 4.74 Å². The normalized spacial score (nSPS) is 26.5. The molecule has 2 rings (SSSR count). The predicted molar refractivity (Wildman–Crippen MR) is 90.3 cm³/mol. The van der Waals surface area contributed by atoms with Crippen LogP contribution in [0.4, 0.5) is 0 Å². The second-order valence-corrected chi connectivity index (χ2v) is 6.43. The molecule has 0 aliphatic carbocycles. The number of rotatable bonds is 4. The lowest BCUT2D eigenvalue weighted by atomic mass is 9.82. The first-order chi connectivity index (χ1) is 10.1. The van der Waals surface area contributed by atoms with E-state index in [0.717, 1.165) is 12.8 Å². The molecule has 1 aliphatic heterocycles. The second kappa shape index (κ2) is 7.61. The quantitative estimate of drug-likeness (QED) is 0.631. The molecule has 0 N–H and O–H groups in total. The Morgan fingerprint density at radius 3 is 2.48 bits per heavy atom. The summed E-state index contributed by atoms with van der Waals surface area (Å²) in [5, 5.41) is 0. The van der Waals surface area contributed by atoms with Crippen molar-refractivity contribution in [3.8, 4) is 0 Å². The molecule has 1 heteroatoms. The van der Waals surface area contributed by atoms with Gasteiger partial charge >= 0.3 is 0 Å². The van der Waals surface area contributed by atoms with Crippen LogP contribution in [0.1, 0.15) is 58.6 Å². The van der Waals surface area contributed by atoms with Crippen LogP contribution in [0.3, 0.4) is 0 Å². The maximum absolute atomic E-state index is 6.28. The minimum absolute atomic E-state index is 0.206. The maximum atomic E-state index is 6.28. The number of allylic oxidation sites excluding steroid dienone is 3. The van der Waals surface area contributed by atoms with E-state index in [1.165, 1.54) is 23.1 Å². The summed E-state index contributed by atoms with van der Waals surface area (Å²) in [5.41, 5.74) is 4.16. The summed E-state index contributed by atoms with van der Waals surface area (Å²) in [6.45, 7) is 8.76. The molecule has 0 radical (unpaired) electrons. The van der Waals surface area contributed by atoms with Crippen LogP contribution in [0.15, 0.2) is 53.6 Å². The van der Waals surface area contributed by atoms with Gasteiger partial charge in [0.05, 0.1) is 12.2 Å². The zero-order chi connectivity index (χ0) is 15.2. The topological polar surface area (TPSA) is 9.23 Å². The molecule has 21 heavy (non-hydrogen) atoms. The molecule has 1 saturated heterocycles. The average Bonchev–Trinajstić information content (AvgIpc) is 2.47. The number of benzene rings is 1. The van der Waals surface area contributed by atoms with Crippen LogP contribution < -0.4 is 0 Å². The lowest BCUT2D eigenvalue weighted by Gasteiger charge is -2.36. The maximum Gasteiger partial charge on any atom is 0.0893 e. The fourth-order valence-electron chi connectivity index (χ4n) is 3.03. The molecule has 0 amide bonds. The highest BCUT2D eigenvalue weighted by atomic mass is 16.5. The van der Waals surface area contributed by atoms with Crippen molar-refractivity contribution in [3.63, 3.8) is 0 Å². The first kappa shape index (κ1) is 16.0. The van der Waals surface area contributed by atoms with Gasteiger partial charge in [0.2, 0.25) is 0 Å². The van der Waals surface area contributed by atoms with Crippen molar-refractivity contribution < 1.29 is 4.74 Å². The lowest BCUT2D eigenvalue weighted by Crippen LogP contribution is -2.28.